The van der Waals surface area contributed by atoms with Crippen molar-refractivity contribution in [1.82, 2.24) is 5.32 Å². The molecule has 4 aromatic rings. The highest BCUT2D eigenvalue weighted by Crippen LogP contribution is 2.20. The third-order valence-corrected chi connectivity index (χ3v) is 6.75. The second-order valence-electron chi connectivity index (χ2n) is 7.86. The Kier molecular flexibility index (Phi) is 6.79. The fourth-order valence-corrected chi connectivity index (χ4v) is 4.71. The highest BCUT2D eigenvalue weighted by Gasteiger charge is 2.23. The van der Waals surface area contributed by atoms with E-state index in [9.17, 15) is 27.5 Å². The molecule has 4 aromatic carbocycles. The molecular formula is C26H21FN2O5S. The molecular weight excluding hydrogens is 471 g/mol. The van der Waals surface area contributed by atoms with Gasteiger partial charge >= 0.3 is 5.97 Å². The van der Waals surface area contributed by atoms with E-state index in [1.54, 1.807) is 6.07 Å². The maximum atomic E-state index is 13.9. The number of hydrogen-bond acceptors (Lipinski definition) is 4. The molecule has 0 heterocycles. The lowest BCUT2D eigenvalue weighted by molar-refractivity contribution is -0.139. The number of sulfonamides is 1. The van der Waals surface area contributed by atoms with Gasteiger partial charge in [-0.1, -0.05) is 60.7 Å². The van der Waals surface area contributed by atoms with Gasteiger partial charge < -0.3 is 10.4 Å². The Morgan fingerprint density at radius 1 is 0.857 bits per heavy atom. The highest BCUT2D eigenvalue weighted by atomic mass is 32.2. The van der Waals surface area contributed by atoms with Crippen LogP contribution in [0.4, 0.5) is 10.1 Å². The van der Waals surface area contributed by atoms with Crippen molar-refractivity contribution in [3.05, 3.63) is 108 Å². The van der Waals surface area contributed by atoms with Crippen molar-refractivity contribution in [3.8, 4) is 0 Å². The predicted octanol–water partition coefficient (Wildman–Crippen LogP) is 4.21. The Bertz CT molecular complexity index is 1520. The van der Waals surface area contributed by atoms with Crippen molar-refractivity contribution in [2.75, 3.05) is 4.72 Å². The van der Waals surface area contributed by atoms with Crippen molar-refractivity contribution in [2.45, 2.75) is 17.4 Å². The van der Waals surface area contributed by atoms with Gasteiger partial charge in [0.25, 0.3) is 15.9 Å². The van der Waals surface area contributed by atoms with Crippen LogP contribution >= 0.6 is 0 Å². The molecule has 3 N–H and O–H groups in total. The van der Waals surface area contributed by atoms with E-state index in [-0.39, 0.29) is 22.6 Å². The van der Waals surface area contributed by atoms with Gasteiger partial charge in [0.05, 0.1) is 10.6 Å². The molecule has 9 heteroatoms. The lowest BCUT2D eigenvalue weighted by Gasteiger charge is -2.16. The number of fused-ring (bicyclic) bond motifs is 1. The molecule has 0 saturated carbocycles. The van der Waals surface area contributed by atoms with Crippen molar-refractivity contribution in [3.63, 3.8) is 0 Å². The SMILES string of the molecule is O=C(N[C@@H](Cc1ccc2ccccc2c1)C(=O)O)c1cccc(S(=O)(=O)Nc2ccccc2F)c1. The second-order valence-corrected chi connectivity index (χ2v) is 9.55. The van der Waals surface area contributed by atoms with Crippen LogP contribution in [0.3, 0.4) is 0 Å². The number of para-hydroxylation sites is 1. The third kappa shape index (κ3) is 5.64. The lowest BCUT2D eigenvalue weighted by atomic mass is 10.0. The van der Waals surface area contributed by atoms with Crippen LogP contribution in [-0.2, 0) is 21.2 Å². The number of carboxylic acids is 1. The van der Waals surface area contributed by atoms with E-state index in [2.05, 4.69) is 10.0 Å². The van der Waals surface area contributed by atoms with Crippen LogP contribution in [-0.4, -0.2) is 31.4 Å². The van der Waals surface area contributed by atoms with E-state index < -0.39 is 33.8 Å². The van der Waals surface area contributed by atoms with Crippen molar-refractivity contribution < 1.29 is 27.5 Å². The molecule has 7 nitrogen and oxygen atoms in total. The molecule has 0 aliphatic carbocycles. The Hall–Kier alpha value is -4.24. The smallest absolute Gasteiger partial charge is 0.326 e. The predicted molar refractivity (Wildman–Crippen MR) is 130 cm³/mol. The minimum Gasteiger partial charge on any atom is -0.480 e. The summed E-state index contributed by atoms with van der Waals surface area (Å²) in [5, 5.41) is 14.1. The Morgan fingerprint density at radius 3 is 2.31 bits per heavy atom. The van der Waals surface area contributed by atoms with E-state index >= 15 is 0 Å². The fourth-order valence-electron chi connectivity index (χ4n) is 3.60. The number of carbonyl (C=O) groups is 2. The number of benzene rings is 4. The third-order valence-electron chi connectivity index (χ3n) is 5.38. The van der Waals surface area contributed by atoms with Gasteiger partial charge in [-0.25, -0.2) is 17.6 Å². The number of nitrogens with one attached hydrogen (secondary N) is 2. The lowest BCUT2D eigenvalue weighted by Crippen LogP contribution is -2.42. The summed E-state index contributed by atoms with van der Waals surface area (Å²) in [4.78, 5) is 24.4. The van der Waals surface area contributed by atoms with E-state index in [1.807, 2.05) is 36.4 Å². The van der Waals surface area contributed by atoms with Gasteiger partial charge in [-0.2, -0.15) is 0 Å². The molecule has 178 valence electrons. The fraction of sp³-hybridized carbons (Fsp3) is 0.0769. The van der Waals surface area contributed by atoms with Gasteiger partial charge in [0, 0.05) is 12.0 Å². The van der Waals surface area contributed by atoms with Gasteiger partial charge in [-0.05, 0) is 46.7 Å². The van der Waals surface area contributed by atoms with E-state index in [0.29, 0.717) is 0 Å². The molecule has 0 bridgehead atoms. The summed E-state index contributed by atoms with van der Waals surface area (Å²) >= 11 is 0. The molecule has 1 atom stereocenters. The monoisotopic (exact) mass is 492 g/mol. The Morgan fingerprint density at radius 2 is 1.57 bits per heavy atom. The number of carbonyl (C=O) groups excluding carboxylic acids is 1. The second kappa shape index (κ2) is 9.94. The first kappa shape index (κ1) is 23.9. The normalized spacial score (nSPS) is 12.1. The van der Waals surface area contributed by atoms with Gasteiger partial charge in [0.15, 0.2) is 0 Å². The standard InChI is InChI=1S/C26H21FN2O5S/c27-22-10-3-4-11-23(22)29-35(33,34)21-9-5-8-20(16-21)25(30)28-24(26(31)32)15-17-12-13-18-6-1-2-7-19(18)14-17/h1-14,16,24,29H,15H2,(H,28,30)(H,31,32)/t24-/m0/s1. The summed E-state index contributed by atoms with van der Waals surface area (Å²) < 4.78 is 41.4. The first-order valence-corrected chi connectivity index (χ1v) is 12.1. The maximum Gasteiger partial charge on any atom is 0.326 e. The number of halogens is 1. The number of hydrogen-bond donors (Lipinski definition) is 3. The summed E-state index contributed by atoms with van der Waals surface area (Å²) in [7, 11) is -4.19. The minimum atomic E-state index is -4.19. The summed E-state index contributed by atoms with van der Waals surface area (Å²) in [5.74, 6) is -2.72. The van der Waals surface area contributed by atoms with Gasteiger partial charge in [-0.15, -0.1) is 0 Å². The minimum absolute atomic E-state index is 0.0404. The number of anilines is 1. The molecule has 0 fully saturated rings. The van der Waals surface area contributed by atoms with Gasteiger partial charge in [0.2, 0.25) is 0 Å². The quantitative estimate of drug-likeness (QED) is 0.341. The summed E-state index contributed by atoms with van der Waals surface area (Å²) in [6.45, 7) is 0. The summed E-state index contributed by atoms with van der Waals surface area (Å²) in [6.07, 6.45) is 0.0404. The molecule has 0 aliphatic heterocycles. The van der Waals surface area contributed by atoms with Gasteiger partial charge in [0.1, 0.15) is 11.9 Å². The zero-order valence-electron chi connectivity index (χ0n) is 18.3. The molecule has 0 aromatic heterocycles. The van der Waals surface area contributed by atoms with Crippen molar-refractivity contribution in [1.29, 1.82) is 0 Å². The van der Waals surface area contributed by atoms with Crippen LogP contribution in [0.2, 0.25) is 0 Å². The van der Waals surface area contributed by atoms with Crippen LogP contribution in [0.25, 0.3) is 10.8 Å². The molecule has 0 radical (unpaired) electrons. The first-order valence-electron chi connectivity index (χ1n) is 10.6. The zero-order chi connectivity index (χ0) is 25.0. The maximum absolute atomic E-state index is 13.9. The summed E-state index contributed by atoms with van der Waals surface area (Å²) in [5.41, 5.74) is 0.441. The topological polar surface area (TPSA) is 113 Å². The number of rotatable bonds is 8. The molecule has 0 aliphatic rings. The molecule has 0 spiro atoms. The molecule has 0 unspecified atom stereocenters. The van der Waals surface area contributed by atoms with E-state index in [0.717, 1.165) is 28.5 Å². The number of carboxylic acid groups (broad SMARTS) is 1. The van der Waals surface area contributed by atoms with Gasteiger partial charge in [-0.3, -0.25) is 9.52 Å². The van der Waals surface area contributed by atoms with Crippen LogP contribution in [0.5, 0.6) is 0 Å². The zero-order valence-corrected chi connectivity index (χ0v) is 19.1. The number of amides is 1. The van der Waals surface area contributed by atoms with Crippen molar-refractivity contribution >= 4 is 38.4 Å². The average molecular weight is 493 g/mol. The Balaban J connectivity index is 1.52. The highest BCUT2D eigenvalue weighted by molar-refractivity contribution is 7.92. The largest absolute Gasteiger partial charge is 0.480 e. The Labute approximate surface area is 201 Å². The first-order chi connectivity index (χ1) is 16.7. The van der Waals surface area contributed by atoms with Crippen LogP contribution < -0.4 is 10.0 Å². The summed E-state index contributed by atoms with van der Waals surface area (Å²) in [6, 6.07) is 22.3. The van der Waals surface area contributed by atoms with Crippen molar-refractivity contribution in [2.24, 2.45) is 0 Å². The molecule has 4 rings (SSSR count). The number of aliphatic carboxylic acids is 1. The molecule has 35 heavy (non-hydrogen) atoms. The average Bonchev–Trinajstić information content (AvgIpc) is 2.85. The molecule has 1 amide bonds. The van der Waals surface area contributed by atoms with E-state index in [4.69, 9.17) is 0 Å². The van der Waals surface area contributed by atoms with Crippen LogP contribution in [0.1, 0.15) is 15.9 Å². The van der Waals surface area contributed by atoms with Crippen LogP contribution in [0, 0.1) is 5.82 Å². The van der Waals surface area contributed by atoms with E-state index in [1.165, 1.54) is 36.4 Å². The van der Waals surface area contributed by atoms with Crippen LogP contribution in [0.15, 0.2) is 95.9 Å². The molecule has 0 saturated heterocycles.